The van der Waals surface area contributed by atoms with Crippen LogP contribution >= 0.6 is 0 Å². The summed E-state index contributed by atoms with van der Waals surface area (Å²) in [5.74, 6) is -0.454. The summed E-state index contributed by atoms with van der Waals surface area (Å²) in [6.07, 6.45) is 9.61. The molecule has 2 amide bonds. The molecule has 2 aliphatic rings. The van der Waals surface area contributed by atoms with Gasteiger partial charge in [-0.2, -0.15) is 0 Å². The van der Waals surface area contributed by atoms with Crippen molar-refractivity contribution in [2.24, 2.45) is 0 Å². The molecule has 8 heteroatoms. The Kier molecular flexibility index (Phi) is 6.21. The quantitative estimate of drug-likeness (QED) is 0.726. The second-order valence-corrected chi connectivity index (χ2v) is 7.88. The third-order valence-corrected chi connectivity index (χ3v) is 5.79. The van der Waals surface area contributed by atoms with Gasteiger partial charge >= 0.3 is 0 Å². The van der Waals surface area contributed by atoms with E-state index < -0.39 is 0 Å². The molecule has 0 saturated carbocycles. The number of benzene rings is 1. The van der Waals surface area contributed by atoms with Crippen molar-refractivity contribution in [1.29, 1.82) is 0 Å². The number of rotatable bonds is 4. The SMILES string of the molecule is O=C(/C=C\c1cccc(F)c1)N1CCC(n2cc(C(=O)N3CCCCC3)nn2)CC1. The standard InChI is InChI=1S/C22H26FN5O2/c23-18-6-4-5-17(15-18)7-8-21(29)26-13-9-19(10-14-26)28-16-20(24-25-28)22(30)27-11-2-1-3-12-27/h4-8,15-16,19H,1-3,9-14H2/b8-7-. The van der Waals surface area contributed by atoms with Gasteiger partial charge in [0.05, 0.1) is 12.2 Å². The fraction of sp³-hybridized carbons (Fsp3) is 0.455. The molecular weight excluding hydrogens is 385 g/mol. The molecule has 2 saturated heterocycles. The number of piperidine rings is 2. The lowest BCUT2D eigenvalue weighted by molar-refractivity contribution is -0.127. The maximum atomic E-state index is 13.2. The van der Waals surface area contributed by atoms with Gasteiger partial charge in [-0.05, 0) is 55.9 Å². The normalized spacial score (nSPS) is 18.2. The molecule has 1 aromatic heterocycles. The predicted molar refractivity (Wildman–Crippen MR) is 110 cm³/mol. The van der Waals surface area contributed by atoms with Gasteiger partial charge < -0.3 is 9.80 Å². The first-order chi connectivity index (χ1) is 14.6. The van der Waals surface area contributed by atoms with Crippen molar-refractivity contribution in [1.82, 2.24) is 24.8 Å². The highest BCUT2D eigenvalue weighted by Crippen LogP contribution is 2.22. The maximum absolute atomic E-state index is 13.2. The molecule has 1 aromatic carbocycles. The van der Waals surface area contributed by atoms with Crippen molar-refractivity contribution in [2.75, 3.05) is 26.2 Å². The molecule has 4 rings (SSSR count). The average Bonchev–Trinajstić information content (AvgIpc) is 3.28. The average molecular weight is 411 g/mol. The lowest BCUT2D eigenvalue weighted by Gasteiger charge is -2.31. The zero-order chi connectivity index (χ0) is 20.9. The fourth-order valence-electron chi connectivity index (χ4n) is 4.05. The van der Waals surface area contributed by atoms with Crippen LogP contribution in [0, 0.1) is 5.82 Å². The molecule has 0 bridgehead atoms. The van der Waals surface area contributed by atoms with Crippen LogP contribution in [-0.4, -0.2) is 62.8 Å². The predicted octanol–water partition coefficient (Wildman–Crippen LogP) is 2.92. The van der Waals surface area contributed by atoms with Crippen molar-refractivity contribution >= 4 is 17.9 Å². The third-order valence-electron chi connectivity index (χ3n) is 5.79. The Labute approximate surface area is 175 Å². The Balaban J connectivity index is 1.30. The molecule has 0 aliphatic carbocycles. The topological polar surface area (TPSA) is 71.3 Å². The smallest absolute Gasteiger partial charge is 0.276 e. The van der Waals surface area contributed by atoms with Crippen LogP contribution in [0.3, 0.4) is 0 Å². The van der Waals surface area contributed by atoms with Gasteiger partial charge in [-0.3, -0.25) is 9.59 Å². The van der Waals surface area contributed by atoms with E-state index >= 15 is 0 Å². The second-order valence-electron chi connectivity index (χ2n) is 7.88. The van der Waals surface area contributed by atoms with Crippen LogP contribution in [-0.2, 0) is 4.79 Å². The largest absolute Gasteiger partial charge is 0.339 e. The van der Waals surface area contributed by atoms with E-state index in [1.807, 2.05) is 4.90 Å². The highest BCUT2D eigenvalue weighted by molar-refractivity contribution is 5.92. The van der Waals surface area contributed by atoms with Crippen LogP contribution in [0.5, 0.6) is 0 Å². The summed E-state index contributed by atoms with van der Waals surface area (Å²) in [5.41, 5.74) is 1.06. The zero-order valence-corrected chi connectivity index (χ0v) is 16.9. The summed E-state index contributed by atoms with van der Waals surface area (Å²) in [5, 5.41) is 8.27. The minimum absolute atomic E-state index is 0.0453. The number of nitrogens with zero attached hydrogens (tertiary/aromatic N) is 5. The van der Waals surface area contributed by atoms with Gasteiger partial charge in [-0.1, -0.05) is 17.3 Å². The Morgan fingerprint density at radius 3 is 2.53 bits per heavy atom. The van der Waals surface area contributed by atoms with Gasteiger partial charge in [-0.15, -0.1) is 5.10 Å². The Morgan fingerprint density at radius 2 is 1.80 bits per heavy atom. The van der Waals surface area contributed by atoms with Crippen LogP contribution < -0.4 is 0 Å². The molecule has 158 valence electrons. The van der Waals surface area contributed by atoms with E-state index in [9.17, 15) is 14.0 Å². The van der Waals surface area contributed by atoms with E-state index in [0.29, 0.717) is 24.3 Å². The fourth-order valence-corrected chi connectivity index (χ4v) is 4.05. The Hall–Kier alpha value is -3.03. The summed E-state index contributed by atoms with van der Waals surface area (Å²) >= 11 is 0. The van der Waals surface area contributed by atoms with E-state index in [0.717, 1.165) is 38.8 Å². The van der Waals surface area contributed by atoms with Crippen molar-refractivity contribution in [3.05, 3.63) is 53.6 Å². The molecule has 2 aromatic rings. The number of hydrogen-bond acceptors (Lipinski definition) is 4. The summed E-state index contributed by atoms with van der Waals surface area (Å²) in [7, 11) is 0. The van der Waals surface area contributed by atoms with Crippen LogP contribution in [0.25, 0.3) is 6.08 Å². The van der Waals surface area contributed by atoms with Crippen molar-refractivity contribution in [3.8, 4) is 0 Å². The van der Waals surface area contributed by atoms with E-state index in [2.05, 4.69) is 10.3 Å². The number of carbonyl (C=O) groups excluding carboxylic acids is 2. The molecule has 0 spiro atoms. The zero-order valence-electron chi connectivity index (χ0n) is 16.9. The number of likely N-dealkylation sites (tertiary alicyclic amines) is 2. The van der Waals surface area contributed by atoms with Gasteiger partial charge in [0.25, 0.3) is 5.91 Å². The number of halogens is 1. The van der Waals surface area contributed by atoms with Crippen LogP contribution in [0.1, 0.15) is 54.2 Å². The molecule has 0 unspecified atom stereocenters. The van der Waals surface area contributed by atoms with E-state index in [1.54, 1.807) is 34.0 Å². The van der Waals surface area contributed by atoms with Crippen LogP contribution in [0.2, 0.25) is 0 Å². The molecule has 0 N–H and O–H groups in total. The Morgan fingerprint density at radius 1 is 1.03 bits per heavy atom. The van der Waals surface area contributed by atoms with Gasteiger partial charge in [0.2, 0.25) is 5.91 Å². The van der Waals surface area contributed by atoms with Gasteiger partial charge in [0.15, 0.2) is 5.69 Å². The van der Waals surface area contributed by atoms with Gasteiger partial charge in [0, 0.05) is 32.3 Å². The highest BCUT2D eigenvalue weighted by atomic mass is 19.1. The summed E-state index contributed by atoms with van der Waals surface area (Å²) in [4.78, 5) is 28.6. The second kappa shape index (κ2) is 9.19. The van der Waals surface area contributed by atoms with Crippen LogP contribution in [0.4, 0.5) is 4.39 Å². The summed E-state index contributed by atoms with van der Waals surface area (Å²) < 4.78 is 15.0. The lowest BCUT2D eigenvalue weighted by Crippen LogP contribution is -2.38. The number of aromatic nitrogens is 3. The molecule has 2 aliphatic heterocycles. The minimum atomic E-state index is -0.323. The summed E-state index contributed by atoms with van der Waals surface area (Å²) in [6, 6.07) is 6.26. The van der Waals surface area contributed by atoms with Crippen LogP contribution in [0.15, 0.2) is 36.5 Å². The van der Waals surface area contributed by atoms with E-state index in [4.69, 9.17) is 0 Å². The number of carbonyl (C=O) groups is 2. The monoisotopic (exact) mass is 411 g/mol. The lowest BCUT2D eigenvalue weighted by atomic mass is 10.0. The number of hydrogen-bond donors (Lipinski definition) is 0. The molecule has 2 fully saturated rings. The van der Waals surface area contributed by atoms with Gasteiger partial charge in [0.1, 0.15) is 5.82 Å². The summed E-state index contributed by atoms with van der Waals surface area (Å²) in [6.45, 7) is 2.78. The molecule has 7 nitrogen and oxygen atoms in total. The van der Waals surface area contributed by atoms with E-state index in [1.165, 1.54) is 24.6 Å². The van der Waals surface area contributed by atoms with Crippen molar-refractivity contribution < 1.29 is 14.0 Å². The highest BCUT2D eigenvalue weighted by Gasteiger charge is 2.26. The molecule has 0 radical (unpaired) electrons. The molecule has 30 heavy (non-hydrogen) atoms. The van der Waals surface area contributed by atoms with Crippen molar-refractivity contribution in [2.45, 2.75) is 38.1 Å². The molecule has 0 atom stereocenters. The van der Waals surface area contributed by atoms with E-state index in [-0.39, 0.29) is 23.7 Å². The number of amides is 2. The van der Waals surface area contributed by atoms with Crippen molar-refractivity contribution in [3.63, 3.8) is 0 Å². The minimum Gasteiger partial charge on any atom is -0.339 e. The first-order valence-corrected chi connectivity index (χ1v) is 10.5. The first-order valence-electron chi connectivity index (χ1n) is 10.5. The third kappa shape index (κ3) is 4.75. The Bertz CT molecular complexity index is 927. The maximum Gasteiger partial charge on any atom is 0.276 e. The molecule has 3 heterocycles. The van der Waals surface area contributed by atoms with Gasteiger partial charge in [-0.25, -0.2) is 9.07 Å². The first kappa shape index (κ1) is 20.3. The molecular formula is C22H26FN5O2.